The van der Waals surface area contributed by atoms with Gasteiger partial charge in [-0.15, -0.1) is 0 Å². The van der Waals surface area contributed by atoms with Crippen molar-refractivity contribution in [3.05, 3.63) is 102 Å². The monoisotopic (exact) mass is 918 g/mol. The van der Waals surface area contributed by atoms with Crippen molar-refractivity contribution >= 4 is 69.0 Å². The molecule has 0 saturated carbocycles. The fourth-order valence-electron chi connectivity index (χ4n) is 7.86. The number of hydrogen-bond acceptors (Lipinski definition) is 10. The van der Waals surface area contributed by atoms with E-state index in [0.29, 0.717) is 29.7 Å². The van der Waals surface area contributed by atoms with Crippen LogP contribution in [0.5, 0.6) is 0 Å². The molecule has 21 nitrogen and oxygen atoms in total. The maximum absolute atomic E-state index is 14.7. The van der Waals surface area contributed by atoms with Crippen LogP contribution in [0.4, 0.5) is 0 Å². The largest absolute Gasteiger partial charge is 0.370 e. The Balaban J connectivity index is 1.37. The molecule has 0 unspecified atom stereocenters. The number of H-pyrrole nitrogens is 2. The highest BCUT2D eigenvalue weighted by Crippen LogP contribution is 2.21. The van der Waals surface area contributed by atoms with Crippen molar-refractivity contribution in [3.63, 3.8) is 0 Å². The molecule has 6 atom stereocenters. The summed E-state index contributed by atoms with van der Waals surface area (Å²) in [7, 11) is 0. The molecule has 67 heavy (non-hydrogen) atoms. The third-order valence-electron chi connectivity index (χ3n) is 11.5. The van der Waals surface area contributed by atoms with Gasteiger partial charge in [0.05, 0.1) is 18.8 Å². The molecule has 0 radical (unpaired) electrons. The summed E-state index contributed by atoms with van der Waals surface area (Å²) in [5.41, 5.74) is 25.7. The van der Waals surface area contributed by atoms with Gasteiger partial charge in [-0.3, -0.25) is 38.6 Å². The van der Waals surface area contributed by atoms with Crippen LogP contribution >= 0.6 is 0 Å². The minimum atomic E-state index is -1.36. The molecule has 1 aliphatic heterocycles. The second-order valence-corrected chi connectivity index (χ2v) is 16.5. The number of amides is 7. The van der Waals surface area contributed by atoms with Crippen molar-refractivity contribution in [2.24, 2.45) is 27.9 Å². The number of carbonyl (C=O) groups is 7. The minimum absolute atomic E-state index is 0.0144. The van der Waals surface area contributed by atoms with Crippen molar-refractivity contribution in [1.82, 2.24) is 46.9 Å². The topological polar surface area (TPSA) is 353 Å². The highest BCUT2D eigenvalue weighted by molar-refractivity contribution is 5.98. The zero-order valence-corrected chi connectivity index (χ0v) is 36.9. The Hall–Kier alpha value is -7.81. The summed E-state index contributed by atoms with van der Waals surface area (Å²) < 4.78 is 0. The summed E-state index contributed by atoms with van der Waals surface area (Å²) >= 11 is 0. The van der Waals surface area contributed by atoms with E-state index in [1.807, 2.05) is 66.7 Å². The summed E-state index contributed by atoms with van der Waals surface area (Å²) in [5, 5.41) is 19.1. The molecular formula is C46H58N14O7. The molecule has 7 amide bonds. The number of aliphatic imine (C=N–C) groups is 1. The summed E-state index contributed by atoms with van der Waals surface area (Å²) in [6.45, 7) is 0.248. The zero-order chi connectivity index (χ0) is 47.9. The molecule has 0 aliphatic carbocycles. The molecule has 1 fully saturated rings. The van der Waals surface area contributed by atoms with E-state index in [1.165, 1.54) is 12.5 Å². The fourth-order valence-corrected chi connectivity index (χ4v) is 7.86. The molecule has 16 N–H and O–H groups in total. The zero-order valence-electron chi connectivity index (χ0n) is 36.9. The maximum Gasteiger partial charge on any atom is 0.243 e. The predicted octanol–water partition coefficient (Wildman–Crippen LogP) is -0.948. The van der Waals surface area contributed by atoms with Gasteiger partial charge in [-0.1, -0.05) is 60.7 Å². The number of carbonyl (C=O) groups excluding carboxylic acids is 7. The molecule has 6 rings (SSSR count). The summed E-state index contributed by atoms with van der Waals surface area (Å²) in [6, 6.07) is 12.8. The number of nitrogens with two attached hydrogens (primary N) is 4. The normalized spacial score (nSPS) is 22.1. The number of benzene rings is 3. The molecule has 3 heterocycles. The van der Waals surface area contributed by atoms with Crippen LogP contribution in [0.1, 0.15) is 55.3 Å². The molecule has 0 bridgehead atoms. The number of hydrogen-bond donors (Lipinski definition) is 12. The van der Waals surface area contributed by atoms with Crippen LogP contribution in [0.15, 0.2) is 90.4 Å². The van der Waals surface area contributed by atoms with Gasteiger partial charge in [-0.25, -0.2) is 4.98 Å². The second kappa shape index (κ2) is 23.4. The van der Waals surface area contributed by atoms with Crippen molar-refractivity contribution < 1.29 is 33.6 Å². The fraction of sp³-hybridized carbons (Fsp3) is 0.370. The van der Waals surface area contributed by atoms with Crippen molar-refractivity contribution in [3.8, 4) is 0 Å². The van der Waals surface area contributed by atoms with Gasteiger partial charge in [0, 0.05) is 61.3 Å². The number of aromatic nitrogens is 3. The van der Waals surface area contributed by atoms with Gasteiger partial charge >= 0.3 is 0 Å². The Morgan fingerprint density at radius 2 is 1.36 bits per heavy atom. The van der Waals surface area contributed by atoms with Crippen LogP contribution in [-0.2, 0) is 52.8 Å². The maximum atomic E-state index is 14.7. The van der Waals surface area contributed by atoms with E-state index in [9.17, 15) is 33.6 Å². The molecule has 5 aromatic rings. The lowest BCUT2D eigenvalue weighted by molar-refractivity contribution is -0.135. The van der Waals surface area contributed by atoms with Crippen LogP contribution in [0.25, 0.3) is 21.7 Å². The lowest BCUT2D eigenvalue weighted by Crippen LogP contribution is -2.60. The van der Waals surface area contributed by atoms with E-state index in [0.717, 1.165) is 21.7 Å². The van der Waals surface area contributed by atoms with Crippen LogP contribution in [0.3, 0.4) is 0 Å². The number of nitrogens with one attached hydrogen (secondary N) is 8. The summed E-state index contributed by atoms with van der Waals surface area (Å²) in [5.74, 6) is -5.33. The average Bonchev–Trinajstić information content (AvgIpc) is 3.98. The van der Waals surface area contributed by atoms with Gasteiger partial charge < -0.3 is 64.8 Å². The third kappa shape index (κ3) is 14.1. The lowest BCUT2D eigenvalue weighted by Gasteiger charge is -2.27. The summed E-state index contributed by atoms with van der Waals surface area (Å²) in [4.78, 5) is 111. The van der Waals surface area contributed by atoms with Crippen molar-refractivity contribution in [2.45, 2.75) is 94.0 Å². The van der Waals surface area contributed by atoms with Crippen LogP contribution < -0.4 is 54.8 Å². The molecule has 354 valence electrons. The van der Waals surface area contributed by atoms with Crippen LogP contribution in [0.2, 0.25) is 0 Å². The van der Waals surface area contributed by atoms with E-state index in [4.69, 9.17) is 22.9 Å². The second-order valence-electron chi connectivity index (χ2n) is 16.5. The van der Waals surface area contributed by atoms with Gasteiger partial charge in [0.25, 0.3) is 0 Å². The van der Waals surface area contributed by atoms with E-state index in [-0.39, 0.29) is 57.6 Å². The molecule has 21 heteroatoms. The Kier molecular flexibility index (Phi) is 17.0. The van der Waals surface area contributed by atoms with Gasteiger partial charge in [0.1, 0.15) is 30.2 Å². The van der Waals surface area contributed by atoms with E-state index < -0.39 is 84.0 Å². The molecule has 1 saturated heterocycles. The van der Waals surface area contributed by atoms with Crippen LogP contribution in [0, 0.1) is 0 Å². The first kappa shape index (κ1) is 48.6. The number of nitrogens with zero attached hydrogens (tertiary/aromatic N) is 2. The Morgan fingerprint density at radius 1 is 0.701 bits per heavy atom. The molecular weight excluding hydrogens is 861 g/mol. The first-order chi connectivity index (χ1) is 32.2. The molecule has 1 aliphatic rings. The number of fused-ring (bicyclic) bond motifs is 2. The van der Waals surface area contributed by atoms with E-state index in [1.54, 1.807) is 6.20 Å². The first-order valence-corrected chi connectivity index (χ1v) is 22.1. The number of guanidine groups is 1. The SMILES string of the molecule is NC(=O)[C@H]1CCCCNC(=O)C[C@H](N)C(=O)N[C@@H](Cc2cnc[nH]2)C(=O)N[C@@H](Cc2ccc3ccccc3c2)C(=O)N[C@@H](CCCN=C(N)N)C(=O)N[C@H](Cc2c[nH]c3ccccc23)C(=O)N1. The Labute approximate surface area is 385 Å². The number of rotatable bonds is 11. The van der Waals surface area contributed by atoms with Gasteiger partial charge in [0.2, 0.25) is 41.4 Å². The van der Waals surface area contributed by atoms with Gasteiger partial charge in [0.15, 0.2) is 5.96 Å². The van der Waals surface area contributed by atoms with E-state index in [2.05, 4.69) is 51.8 Å². The minimum Gasteiger partial charge on any atom is -0.370 e. The number of imidazole rings is 1. The van der Waals surface area contributed by atoms with Crippen LogP contribution in [-0.4, -0.2) is 112 Å². The highest BCUT2D eigenvalue weighted by Gasteiger charge is 2.34. The Bertz CT molecular complexity index is 2570. The number of aromatic amines is 2. The molecule has 3 aromatic carbocycles. The molecule has 2 aromatic heterocycles. The van der Waals surface area contributed by atoms with Crippen molar-refractivity contribution in [1.29, 1.82) is 0 Å². The standard InChI is InChI=1S/C46H58N14O7/c47-32-22-39(61)52-16-6-5-12-34(40(48)62)56-44(66)37(20-29-23-54-33-11-4-3-10-31(29)33)60-42(64)35(13-7-17-53-46(49)50)57-43(65)36(19-26-14-15-27-8-1-2-9-28(27)18-26)59-45(67)38(58-41(32)63)21-30-24-51-25-55-30/h1-4,8-11,14-15,18,23-25,32,34-38,54H,5-7,12-13,16-17,19-22,47H2,(H2,48,62)(H,51,55)(H,52,61)(H,56,66)(H,57,65)(H,58,63)(H,59,67)(H,60,64)(H4,49,50,53)/t32-,34+,35-,36-,37+,38-/m0/s1. The first-order valence-electron chi connectivity index (χ1n) is 22.1. The number of primary amides is 1. The smallest absolute Gasteiger partial charge is 0.243 e. The van der Waals surface area contributed by atoms with Crippen molar-refractivity contribution in [2.75, 3.05) is 13.1 Å². The summed E-state index contributed by atoms with van der Waals surface area (Å²) in [6.07, 6.45) is 5.00. The lowest BCUT2D eigenvalue weighted by atomic mass is 9.99. The van der Waals surface area contributed by atoms with Gasteiger partial charge in [-0.2, -0.15) is 0 Å². The third-order valence-corrected chi connectivity index (χ3v) is 11.5. The van der Waals surface area contributed by atoms with E-state index >= 15 is 0 Å². The number of para-hydroxylation sites is 1. The average molecular weight is 919 g/mol. The predicted molar refractivity (Wildman–Crippen MR) is 250 cm³/mol. The van der Waals surface area contributed by atoms with Gasteiger partial charge in [-0.05, 0) is 60.1 Å². The molecule has 0 spiro atoms. The highest BCUT2D eigenvalue weighted by atomic mass is 16.2. The Morgan fingerprint density at radius 3 is 2.09 bits per heavy atom. The quantitative estimate of drug-likeness (QED) is 0.0436.